The summed E-state index contributed by atoms with van der Waals surface area (Å²) in [5, 5.41) is 2.40. The van der Waals surface area contributed by atoms with Crippen molar-refractivity contribution in [2.75, 3.05) is 0 Å². The van der Waals surface area contributed by atoms with Gasteiger partial charge in [-0.25, -0.2) is 4.79 Å². The smallest absolute Gasteiger partial charge is 0.344 e. The zero-order chi connectivity index (χ0) is 24.6. The Morgan fingerprint density at radius 1 is 0.970 bits per heavy atom. The van der Waals surface area contributed by atoms with Crippen molar-refractivity contribution >= 4 is 46.0 Å². The first-order valence-corrected chi connectivity index (χ1v) is 15.9. The maximum absolute atomic E-state index is 12.9. The van der Waals surface area contributed by atoms with Gasteiger partial charge in [-0.05, 0) is 65.9 Å². The van der Waals surface area contributed by atoms with E-state index < -0.39 is 8.32 Å². The molecule has 0 bridgehead atoms. The lowest BCUT2D eigenvalue weighted by Gasteiger charge is -2.37. The molecule has 1 heterocycles. The zero-order valence-electron chi connectivity index (χ0n) is 21.5. The molecule has 180 valence electrons. The first kappa shape index (κ1) is 26.0. The van der Waals surface area contributed by atoms with Crippen LogP contribution >= 0.6 is 15.9 Å². The highest BCUT2D eigenvalue weighted by molar-refractivity contribution is 9.10. The van der Waals surface area contributed by atoms with Crippen molar-refractivity contribution in [1.82, 2.24) is 0 Å². The molecule has 0 N–H and O–H groups in total. The summed E-state index contributed by atoms with van der Waals surface area (Å²) < 4.78 is 13.7. The summed E-state index contributed by atoms with van der Waals surface area (Å²) in [6.45, 7) is 18.1. The topological polar surface area (TPSA) is 39.4 Å². The fourth-order valence-electron chi connectivity index (χ4n) is 4.03. The third kappa shape index (κ3) is 5.56. The Morgan fingerprint density at radius 2 is 1.67 bits per heavy atom. The van der Waals surface area contributed by atoms with Crippen LogP contribution in [0.5, 0.6) is 5.75 Å². The van der Waals surface area contributed by atoms with Gasteiger partial charge in [-0.1, -0.05) is 83.2 Å². The Balaban J connectivity index is 2.26. The molecule has 0 aliphatic rings. The molecule has 2 aromatic carbocycles. The molecule has 0 aliphatic heterocycles. The Kier molecular flexibility index (Phi) is 7.55. The molecule has 3 nitrogen and oxygen atoms in total. The van der Waals surface area contributed by atoms with Crippen LogP contribution in [0.3, 0.4) is 0 Å². The summed E-state index contributed by atoms with van der Waals surface area (Å²) in [5.41, 5.74) is 1.43. The van der Waals surface area contributed by atoms with Gasteiger partial charge < -0.3 is 8.84 Å². The highest BCUT2D eigenvalue weighted by atomic mass is 79.9. The Morgan fingerprint density at radius 3 is 2.30 bits per heavy atom. The van der Waals surface area contributed by atoms with Gasteiger partial charge in [0.1, 0.15) is 11.3 Å². The lowest BCUT2D eigenvalue weighted by molar-refractivity contribution is 0.441. The van der Waals surface area contributed by atoms with E-state index in [1.807, 2.05) is 18.2 Å². The van der Waals surface area contributed by atoms with E-state index in [9.17, 15) is 4.79 Å². The standard InChI is InChI=1S/C28H39BrO3Si/c1-9-10-11-12-15-28(5,6)19-16-23-25(24(17-19)32-33(7,8)27(2,3)4)22-18-20(29)13-14-21(22)26(30)31-23/h13-14,16-18H,9-12,15H2,1-8H3. The van der Waals surface area contributed by atoms with Crippen molar-refractivity contribution in [3.05, 3.63) is 50.8 Å². The van der Waals surface area contributed by atoms with E-state index in [1.165, 1.54) is 25.7 Å². The van der Waals surface area contributed by atoms with Gasteiger partial charge >= 0.3 is 5.63 Å². The largest absolute Gasteiger partial charge is 0.543 e. The molecule has 0 amide bonds. The van der Waals surface area contributed by atoms with Crippen LogP contribution in [0.15, 0.2) is 44.0 Å². The molecular weight excluding hydrogens is 492 g/mol. The van der Waals surface area contributed by atoms with Crippen LogP contribution in [0, 0.1) is 0 Å². The molecule has 3 rings (SSSR count). The number of rotatable bonds is 8. The summed E-state index contributed by atoms with van der Waals surface area (Å²) in [4.78, 5) is 12.9. The minimum absolute atomic E-state index is 0.0434. The number of unbranched alkanes of at least 4 members (excludes halogenated alkanes) is 3. The van der Waals surface area contributed by atoms with E-state index in [2.05, 4.69) is 82.7 Å². The van der Waals surface area contributed by atoms with E-state index >= 15 is 0 Å². The second kappa shape index (κ2) is 9.57. The van der Waals surface area contributed by atoms with Crippen LogP contribution in [-0.2, 0) is 5.41 Å². The maximum atomic E-state index is 12.9. The normalized spacial score (nSPS) is 13.1. The molecule has 0 spiro atoms. The fourth-order valence-corrected chi connectivity index (χ4v) is 5.41. The second-order valence-electron chi connectivity index (χ2n) is 11.5. The van der Waals surface area contributed by atoms with Crippen molar-refractivity contribution < 1.29 is 8.84 Å². The van der Waals surface area contributed by atoms with Gasteiger partial charge in [0, 0.05) is 9.86 Å². The SMILES string of the molecule is CCCCCCC(C)(C)c1cc(O[Si](C)(C)C(C)(C)C)c2c(c1)oc(=O)c1ccc(Br)cc12. The summed E-state index contributed by atoms with van der Waals surface area (Å²) in [6.07, 6.45) is 6.01. The van der Waals surface area contributed by atoms with Crippen LogP contribution in [0.1, 0.15) is 79.2 Å². The van der Waals surface area contributed by atoms with Crippen molar-refractivity contribution in [3.63, 3.8) is 0 Å². The molecule has 33 heavy (non-hydrogen) atoms. The van der Waals surface area contributed by atoms with E-state index in [-0.39, 0.29) is 16.1 Å². The van der Waals surface area contributed by atoms with Gasteiger partial charge in [-0.3, -0.25) is 0 Å². The molecular formula is C28H39BrO3Si. The van der Waals surface area contributed by atoms with Gasteiger partial charge in [-0.2, -0.15) is 0 Å². The second-order valence-corrected chi connectivity index (χ2v) is 17.1. The van der Waals surface area contributed by atoms with Gasteiger partial charge in [0.25, 0.3) is 8.32 Å². The monoisotopic (exact) mass is 530 g/mol. The average molecular weight is 532 g/mol. The van der Waals surface area contributed by atoms with Crippen LogP contribution in [0.4, 0.5) is 0 Å². The lowest BCUT2D eigenvalue weighted by Crippen LogP contribution is -2.44. The first-order chi connectivity index (χ1) is 15.3. The van der Waals surface area contributed by atoms with Crippen molar-refractivity contribution in [2.45, 2.75) is 97.2 Å². The van der Waals surface area contributed by atoms with E-state index in [0.29, 0.717) is 11.0 Å². The summed E-state index contributed by atoms with van der Waals surface area (Å²) in [7, 11) is -2.13. The molecule has 0 atom stereocenters. The third-order valence-corrected chi connectivity index (χ3v) is 12.2. The number of hydrogen-bond donors (Lipinski definition) is 0. The molecule has 0 unspecified atom stereocenters. The summed E-state index contributed by atoms with van der Waals surface area (Å²) >= 11 is 3.58. The van der Waals surface area contributed by atoms with E-state index in [1.54, 1.807) is 0 Å². The minimum Gasteiger partial charge on any atom is -0.543 e. The van der Waals surface area contributed by atoms with Crippen molar-refractivity contribution in [1.29, 1.82) is 0 Å². The van der Waals surface area contributed by atoms with Gasteiger partial charge in [0.05, 0.1) is 10.8 Å². The molecule has 5 heteroatoms. The van der Waals surface area contributed by atoms with E-state index in [4.69, 9.17) is 8.84 Å². The number of halogens is 1. The molecule has 0 fully saturated rings. The predicted molar refractivity (Wildman–Crippen MR) is 147 cm³/mol. The Hall–Kier alpha value is -1.59. The molecule has 0 aliphatic carbocycles. The molecule has 1 aromatic heterocycles. The fraction of sp³-hybridized carbons (Fsp3) is 0.536. The van der Waals surface area contributed by atoms with Gasteiger partial charge in [-0.15, -0.1) is 0 Å². The van der Waals surface area contributed by atoms with E-state index in [0.717, 1.165) is 33.0 Å². The zero-order valence-corrected chi connectivity index (χ0v) is 24.1. The molecule has 0 saturated carbocycles. The third-order valence-electron chi connectivity index (χ3n) is 7.35. The van der Waals surface area contributed by atoms with Crippen molar-refractivity contribution in [3.8, 4) is 5.75 Å². The molecule has 0 saturated heterocycles. The predicted octanol–water partition coefficient (Wildman–Crippen LogP) is 9.34. The Bertz CT molecular complexity index is 1200. The number of benzene rings is 2. The average Bonchev–Trinajstić information content (AvgIpc) is 2.69. The molecule has 0 radical (unpaired) electrons. The summed E-state index contributed by atoms with van der Waals surface area (Å²) in [5.74, 6) is 0.836. The Labute approximate surface area is 208 Å². The highest BCUT2D eigenvalue weighted by Gasteiger charge is 2.40. The number of hydrogen-bond acceptors (Lipinski definition) is 3. The lowest BCUT2D eigenvalue weighted by atomic mass is 9.79. The van der Waals surface area contributed by atoms with Crippen LogP contribution in [0.25, 0.3) is 21.7 Å². The molecule has 3 aromatic rings. The van der Waals surface area contributed by atoms with Crippen LogP contribution in [0.2, 0.25) is 18.1 Å². The van der Waals surface area contributed by atoms with Crippen LogP contribution < -0.4 is 10.1 Å². The van der Waals surface area contributed by atoms with Gasteiger partial charge in [0.15, 0.2) is 0 Å². The maximum Gasteiger partial charge on any atom is 0.344 e. The number of fused-ring (bicyclic) bond motifs is 3. The summed E-state index contributed by atoms with van der Waals surface area (Å²) in [6, 6.07) is 9.99. The quantitative estimate of drug-likeness (QED) is 0.126. The van der Waals surface area contributed by atoms with Crippen molar-refractivity contribution in [2.24, 2.45) is 0 Å². The van der Waals surface area contributed by atoms with Gasteiger partial charge in [0.2, 0.25) is 0 Å². The first-order valence-electron chi connectivity index (χ1n) is 12.2. The minimum atomic E-state index is -2.13. The highest BCUT2D eigenvalue weighted by Crippen LogP contribution is 2.43. The van der Waals surface area contributed by atoms with Crippen LogP contribution in [-0.4, -0.2) is 8.32 Å².